The molecule has 31 heavy (non-hydrogen) atoms. The normalized spacial score (nSPS) is 20.8. The molecular formula is C24H35N6O+. The summed E-state index contributed by atoms with van der Waals surface area (Å²) in [5.41, 5.74) is 3.76. The van der Waals surface area contributed by atoms with Crippen LogP contribution in [0.1, 0.15) is 75.5 Å². The van der Waals surface area contributed by atoms with Crippen molar-refractivity contribution in [3.05, 3.63) is 51.1 Å². The van der Waals surface area contributed by atoms with Crippen molar-refractivity contribution in [1.29, 1.82) is 0 Å². The van der Waals surface area contributed by atoms with Gasteiger partial charge in [0.25, 0.3) is 5.56 Å². The molecule has 166 valence electrons. The highest BCUT2D eigenvalue weighted by Gasteiger charge is 2.38. The Morgan fingerprint density at radius 3 is 2.55 bits per heavy atom. The third kappa shape index (κ3) is 4.03. The number of quaternary nitrogens is 1. The van der Waals surface area contributed by atoms with E-state index in [1.165, 1.54) is 16.0 Å². The Balaban J connectivity index is 1.90. The highest BCUT2D eigenvalue weighted by atomic mass is 16.1. The van der Waals surface area contributed by atoms with E-state index in [-0.39, 0.29) is 17.1 Å². The molecule has 4 rings (SSSR count). The van der Waals surface area contributed by atoms with Gasteiger partial charge in [-0.1, -0.05) is 13.8 Å². The van der Waals surface area contributed by atoms with Crippen molar-refractivity contribution in [2.24, 2.45) is 5.92 Å². The van der Waals surface area contributed by atoms with Gasteiger partial charge in [0.1, 0.15) is 0 Å². The molecule has 3 heterocycles. The maximum Gasteiger partial charge on any atom is 0.258 e. The lowest BCUT2D eigenvalue weighted by atomic mass is 9.94. The van der Waals surface area contributed by atoms with E-state index in [9.17, 15) is 4.79 Å². The molecule has 1 aromatic carbocycles. The smallest absolute Gasteiger partial charge is 0.258 e. The summed E-state index contributed by atoms with van der Waals surface area (Å²) in [7, 11) is 0. The average Bonchev–Trinajstić information content (AvgIpc) is 3.22. The fourth-order valence-corrected chi connectivity index (χ4v) is 4.63. The zero-order valence-electron chi connectivity index (χ0n) is 19.6. The topological polar surface area (TPSA) is 80.9 Å². The molecule has 2 aromatic heterocycles. The summed E-state index contributed by atoms with van der Waals surface area (Å²) < 4.78 is 1.94. The first-order valence-electron chi connectivity index (χ1n) is 11.5. The molecule has 7 heteroatoms. The third-order valence-corrected chi connectivity index (χ3v) is 7.31. The largest absolute Gasteiger partial charge is 0.322 e. The van der Waals surface area contributed by atoms with Crippen molar-refractivity contribution >= 4 is 10.9 Å². The number of tetrazole rings is 1. The molecule has 0 radical (unpaired) electrons. The lowest BCUT2D eigenvalue weighted by Gasteiger charge is -2.34. The monoisotopic (exact) mass is 423 g/mol. The lowest BCUT2D eigenvalue weighted by molar-refractivity contribution is -0.932. The van der Waals surface area contributed by atoms with Crippen LogP contribution in [0, 0.1) is 19.8 Å². The van der Waals surface area contributed by atoms with Gasteiger partial charge in [0.2, 0.25) is 5.82 Å². The number of fused-ring (bicyclic) bond motifs is 1. The number of nitrogens with zero attached hydrogens (tertiary/aromatic N) is 4. The molecular weight excluding hydrogens is 388 g/mol. The molecule has 7 nitrogen and oxygen atoms in total. The van der Waals surface area contributed by atoms with Gasteiger partial charge < -0.3 is 9.88 Å². The molecule has 3 aromatic rings. The summed E-state index contributed by atoms with van der Waals surface area (Å²) in [5.74, 6) is 1.50. The number of aromatic amines is 1. The molecule has 0 spiro atoms. The molecule has 0 amide bonds. The minimum absolute atomic E-state index is 0.0456. The second-order valence-electron chi connectivity index (χ2n) is 9.97. The Bertz CT molecular complexity index is 1140. The summed E-state index contributed by atoms with van der Waals surface area (Å²) in [4.78, 5) is 17.9. The first-order chi connectivity index (χ1) is 14.7. The van der Waals surface area contributed by atoms with Crippen LogP contribution >= 0.6 is 0 Å². The Labute approximate surface area is 183 Å². The molecule has 1 aliphatic heterocycles. The van der Waals surface area contributed by atoms with E-state index in [1.54, 1.807) is 0 Å². The van der Waals surface area contributed by atoms with Gasteiger partial charge in [-0.3, -0.25) is 4.79 Å². The van der Waals surface area contributed by atoms with Crippen molar-refractivity contribution in [1.82, 2.24) is 25.2 Å². The molecule has 1 saturated heterocycles. The quantitative estimate of drug-likeness (QED) is 0.661. The van der Waals surface area contributed by atoms with Gasteiger partial charge >= 0.3 is 0 Å². The number of H-pyrrole nitrogens is 1. The summed E-state index contributed by atoms with van der Waals surface area (Å²) in [6.07, 6.45) is 3.19. The van der Waals surface area contributed by atoms with E-state index in [4.69, 9.17) is 0 Å². The third-order valence-electron chi connectivity index (χ3n) is 7.31. The second kappa shape index (κ2) is 8.19. The van der Waals surface area contributed by atoms with Crippen LogP contribution in [-0.2, 0) is 5.54 Å². The summed E-state index contributed by atoms with van der Waals surface area (Å²) in [5, 5.41) is 13.9. The maximum absolute atomic E-state index is 13.4. The standard InChI is InChI=1S/C24H34N6O/c1-7-24(5,6)30-22(26-27-28-30)21(29-10-8-15(2)9-11-29)19-14-18-12-16(3)17(4)13-20(18)25-23(19)31/h12-15,21H,7-11H2,1-6H3,(H,25,31)/p+1/t21-/m0/s1. The minimum atomic E-state index is -0.225. The van der Waals surface area contributed by atoms with Crippen molar-refractivity contribution in [2.75, 3.05) is 13.1 Å². The fourth-order valence-electron chi connectivity index (χ4n) is 4.63. The first kappa shape index (κ1) is 21.7. The summed E-state index contributed by atoms with van der Waals surface area (Å²) >= 11 is 0. The summed E-state index contributed by atoms with van der Waals surface area (Å²) in [6.45, 7) is 14.9. The highest BCUT2D eigenvalue weighted by Crippen LogP contribution is 2.26. The molecule has 0 saturated carbocycles. The number of likely N-dealkylation sites (tertiary alicyclic amines) is 1. The van der Waals surface area contributed by atoms with Crippen LogP contribution in [-0.4, -0.2) is 38.3 Å². The molecule has 1 aliphatic rings. The Kier molecular flexibility index (Phi) is 5.73. The Morgan fingerprint density at radius 1 is 1.19 bits per heavy atom. The van der Waals surface area contributed by atoms with E-state index in [0.29, 0.717) is 5.92 Å². The lowest BCUT2D eigenvalue weighted by Crippen LogP contribution is -3.13. The first-order valence-corrected chi connectivity index (χ1v) is 11.5. The van der Waals surface area contributed by atoms with E-state index in [2.05, 4.69) is 80.3 Å². The van der Waals surface area contributed by atoms with Gasteiger partial charge in [-0.2, -0.15) is 0 Å². The zero-order valence-corrected chi connectivity index (χ0v) is 19.6. The number of hydrogen-bond donors (Lipinski definition) is 2. The van der Waals surface area contributed by atoms with E-state index >= 15 is 0 Å². The van der Waals surface area contributed by atoms with Gasteiger partial charge in [0.15, 0.2) is 6.04 Å². The molecule has 0 bridgehead atoms. The van der Waals surface area contributed by atoms with Gasteiger partial charge in [-0.05, 0) is 98.0 Å². The molecule has 1 atom stereocenters. The number of benzene rings is 1. The van der Waals surface area contributed by atoms with E-state index < -0.39 is 0 Å². The molecule has 1 fully saturated rings. The Morgan fingerprint density at radius 2 is 1.87 bits per heavy atom. The van der Waals surface area contributed by atoms with Crippen LogP contribution in [0.2, 0.25) is 0 Å². The van der Waals surface area contributed by atoms with Crippen molar-refractivity contribution in [2.45, 2.75) is 72.4 Å². The van der Waals surface area contributed by atoms with Crippen molar-refractivity contribution in [3.8, 4) is 0 Å². The fraction of sp³-hybridized carbons (Fsp3) is 0.583. The minimum Gasteiger partial charge on any atom is -0.322 e. The van der Waals surface area contributed by atoms with Crippen LogP contribution in [0.25, 0.3) is 10.9 Å². The van der Waals surface area contributed by atoms with E-state index in [0.717, 1.165) is 54.6 Å². The number of nitrogens with one attached hydrogen (secondary N) is 2. The number of aryl methyl sites for hydroxylation is 2. The molecule has 2 N–H and O–H groups in total. The molecule has 0 aliphatic carbocycles. The number of pyridine rings is 1. The van der Waals surface area contributed by atoms with Gasteiger partial charge in [-0.15, -0.1) is 5.10 Å². The average molecular weight is 424 g/mol. The number of piperidine rings is 1. The van der Waals surface area contributed by atoms with Crippen LogP contribution in [0.5, 0.6) is 0 Å². The van der Waals surface area contributed by atoms with Crippen molar-refractivity contribution < 1.29 is 4.90 Å². The zero-order chi connectivity index (χ0) is 22.3. The predicted octanol–water partition coefficient (Wildman–Crippen LogP) is 2.68. The number of aromatic nitrogens is 5. The van der Waals surface area contributed by atoms with Crippen molar-refractivity contribution in [3.63, 3.8) is 0 Å². The van der Waals surface area contributed by atoms with Crippen LogP contribution in [0.4, 0.5) is 0 Å². The van der Waals surface area contributed by atoms with Gasteiger partial charge in [-0.25, -0.2) is 4.68 Å². The van der Waals surface area contributed by atoms with Crippen LogP contribution in [0.15, 0.2) is 23.0 Å². The van der Waals surface area contributed by atoms with Gasteiger partial charge in [0, 0.05) is 5.52 Å². The van der Waals surface area contributed by atoms with E-state index in [1.807, 2.05) is 4.68 Å². The van der Waals surface area contributed by atoms with Crippen LogP contribution in [0.3, 0.4) is 0 Å². The van der Waals surface area contributed by atoms with Crippen LogP contribution < -0.4 is 10.5 Å². The summed E-state index contributed by atoms with van der Waals surface area (Å²) in [6, 6.07) is 6.09. The second-order valence-corrected chi connectivity index (χ2v) is 9.97. The SMILES string of the molecule is CCC(C)(C)n1nnnc1[C@H](c1cc2cc(C)c(C)cc2[nH]c1=O)[NH+]1CCC(C)CC1. The molecule has 0 unspecified atom stereocenters. The number of hydrogen-bond acceptors (Lipinski definition) is 4. The number of rotatable bonds is 5. The van der Waals surface area contributed by atoms with Gasteiger partial charge in [0.05, 0.1) is 24.2 Å². The highest BCUT2D eigenvalue weighted by molar-refractivity contribution is 5.80. The Hall–Kier alpha value is -2.54. The maximum atomic E-state index is 13.4. The predicted molar refractivity (Wildman–Crippen MR) is 122 cm³/mol.